The van der Waals surface area contributed by atoms with Crippen molar-refractivity contribution in [3.63, 3.8) is 0 Å². The minimum atomic E-state index is -4.02. The third kappa shape index (κ3) is 6.32. The number of aromatic nitrogens is 3. The number of benzene rings is 2. The van der Waals surface area contributed by atoms with E-state index in [2.05, 4.69) is 15.5 Å². The normalized spacial score (nSPS) is 11.4. The van der Waals surface area contributed by atoms with E-state index in [1.54, 1.807) is 7.11 Å². The van der Waals surface area contributed by atoms with Crippen LogP contribution in [0.1, 0.15) is 5.56 Å². The van der Waals surface area contributed by atoms with Gasteiger partial charge in [0.1, 0.15) is 10.6 Å². The summed E-state index contributed by atoms with van der Waals surface area (Å²) in [6.45, 7) is 2.98. The summed E-state index contributed by atoms with van der Waals surface area (Å²) in [4.78, 5) is 12.3. The first-order chi connectivity index (χ1) is 15.7. The highest BCUT2D eigenvalue weighted by Gasteiger charge is 2.18. The first-order valence-corrected chi connectivity index (χ1v) is 12.4. The monoisotopic (exact) mass is 491 g/mol. The van der Waals surface area contributed by atoms with Gasteiger partial charge in [0.2, 0.25) is 15.9 Å². The molecule has 10 nitrogen and oxygen atoms in total. The van der Waals surface area contributed by atoms with Crippen LogP contribution in [0.2, 0.25) is 0 Å². The lowest BCUT2D eigenvalue weighted by Gasteiger charge is -2.11. The van der Waals surface area contributed by atoms with Crippen molar-refractivity contribution in [3.05, 3.63) is 48.0 Å². The van der Waals surface area contributed by atoms with Gasteiger partial charge in [-0.3, -0.25) is 9.36 Å². The number of carbonyl (C=O) groups excluding carboxylic acids is 1. The number of nitrogens with two attached hydrogens (primary N) is 1. The van der Waals surface area contributed by atoms with Crippen LogP contribution in [0, 0.1) is 6.92 Å². The van der Waals surface area contributed by atoms with Crippen LogP contribution in [0.5, 0.6) is 5.75 Å². The molecule has 3 N–H and O–H groups in total. The van der Waals surface area contributed by atoms with Crippen LogP contribution in [0.25, 0.3) is 11.4 Å². The molecule has 12 heteroatoms. The molecule has 33 heavy (non-hydrogen) atoms. The molecule has 0 fully saturated rings. The van der Waals surface area contributed by atoms with Gasteiger partial charge in [0.15, 0.2) is 11.0 Å². The van der Waals surface area contributed by atoms with E-state index in [0.717, 1.165) is 11.1 Å². The number of sulfonamides is 1. The van der Waals surface area contributed by atoms with Crippen LogP contribution in [-0.2, 0) is 26.1 Å². The Morgan fingerprint density at radius 1 is 1.18 bits per heavy atom. The van der Waals surface area contributed by atoms with E-state index in [9.17, 15) is 13.2 Å². The maximum Gasteiger partial charge on any atom is 0.241 e. The Labute approximate surface area is 196 Å². The maximum absolute atomic E-state index is 12.5. The summed E-state index contributed by atoms with van der Waals surface area (Å²) in [5.41, 5.74) is 2.30. The van der Waals surface area contributed by atoms with Crippen molar-refractivity contribution in [2.75, 3.05) is 31.9 Å². The van der Waals surface area contributed by atoms with Crippen LogP contribution < -0.4 is 15.2 Å². The molecule has 0 radical (unpaired) electrons. The Morgan fingerprint density at radius 3 is 2.64 bits per heavy atom. The summed E-state index contributed by atoms with van der Waals surface area (Å²) in [7, 11) is -1.07. The van der Waals surface area contributed by atoms with Gasteiger partial charge in [-0.15, -0.1) is 10.2 Å². The van der Waals surface area contributed by atoms with Gasteiger partial charge < -0.3 is 14.8 Å². The maximum atomic E-state index is 12.5. The zero-order valence-corrected chi connectivity index (χ0v) is 20.1. The molecule has 0 aliphatic heterocycles. The standard InChI is InChI=1S/C21H25N5O5S2/c1-14-5-4-6-15(11-14)20-24-25-21(26(20)9-10-30-2)32-13-19(27)23-16-7-8-17(31-3)18(12-16)33(22,28)29/h4-8,11-12H,9-10,13H2,1-3H3,(H,23,27)(H2,22,28,29). The highest BCUT2D eigenvalue weighted by Crippen LogP contribution is 2.27. The van der Waals surface area contributed by atoms with E-state index in [1.807, 2.05) is 35.8 Å². The largest absolute Gasteiger partial charge is 0.495 e. The molecule has 0 saturated heterocycles. The van der Waals surface area contributed by atoms with Gasteiger partial charge in [0, 0.05) is 18.4 Å². The summed E-state index contributed by atoms with van der Waals surface area (Å²) in [5.74, 6) is 0.477. The molecular weight excluding hydrogens is 466 g/mol. The molecule has 0 aliphatic rings. The van der Waals surface area contributed by atoms with Crippen molar-refractivity contribution in [3.8, 4) is 17.1 Å². The zero-order chi connectivity index (χ0) is 24.0. The fourth-order valence-electron chi connectivity index (χ4n) is 3.08. The molecule has 3 rings (SSSR count). The van der Waals surface area contributed by atoms with Gasteiger partial charge in [-0.05, 0) is 31.2 Å². The number of rotatable bonds is 10. The summed E-state index contributed by atoms with van der Waals surface area (Å²) >= 11 is 1.22. The Hall–Kier alpha value is -2.93. The van der Waals surface area contributed by atoms with Gasteiger partial charge >= 0.3 is 0 Å². The van der Waals surface area contributed by atoms with E-state index in [1.165, 1.54) is 37.1 Å². The molecule has 0 aliphatic carbocycles. The van der Waals surface area contributed by atoms with E-state index >= 15 is 0 Å². The Morgan fingerprint density at radius 2 is 1.97 bits per heavy atom. The number of primary sulfonamides is 1. The molecule has 0 unspecified atom stereocenters. The second-order valence-electron chi connectivity index (χ2n) is 7.07. The Bertz CT molecular complexity index is 1240. The number of aryl methyl sites for hydroxylation is 1. The average molecular weight is 492 g/mol. The fraction of sp³-hybridized carbons (Fsp3) is 0.286. The van der Waals surface area contributed by atoms with Gasteiger partial charge in [0.25, 0.3) is 0 Å². The van der Waals surface area contributed by atoms with Crippen LogP contribution in [0.15, 0.2) is 52.5 Å². The second-order valence-corrected chi connectivity index (χ2v) is 9.54. The SMILES string of the molecule is COCCn1c(SCC(=O)Nc2ccc(OC)c(S(N)(=O)=O)c2)nnc1-c1cccc(C)c1. The molecule has 1 heterocycles. The molecule has 176 valence electrons. The molecule has 1 aromatic heterocycles. The van der Waals surface area contributed by atoms with Crippen molar-refractivity contribution in [2.45, 2.75) is 23.5 Å². The summed E-state index contributed by atoms with van der Waals surface area (Å²) in [5, 5.41) is 17.0. The van der Waals surface area contributed by atoms with Gasteiger partial charge in [-0.1, -0.05) is 35.5 Å². The number of anilines is 1. The fourth-order valence-corrected chi connectivity index (χ4v) is 4.57. The predicted octanol–water partition coefficient (Wildman–Crippen LogP) is 2.29. The quantitative estimate of drug-likeness (QED) is 0.412. The predicted molar refractivity (Wildman–Crippen MR) is 126 cm³/mol. The molecule has 0 bridgehead atoms. The number of nitrogens with zero attached hydrogens (tertiary/aromatic N) is 3. The lowest BCUT2D eigenvalue weighted by Crippen LogP contribution is -2.17. The van der Waals surface area contributed by atoms with Crippen molar-refractivity contribution in [1.82, 2.24) is 14.8 Å². The Balaban J connectivity index is 1.75. The van der Waals surface area contributed by atoms with Crippen LogP contribution in [-0.4, -0.2) is 55.7 Å². The zero-order valence-electron chi connectivity index (χ0n) is 18.4. The smallest absolute Gasteiger partial charge is 0.241 e. The van der Waals surface area contributed by atoms with E-state index < -0.39 is 10.0 Å². The number of hydrogen-bond acceptors (Lipinski definition) is 8. The van der Waals surface area contributed by atoms with Crippen molar-refractivity contribution in [1.29, 1.82) is 0 Å². The third-order valence-corrected chi connectivity index (χ3v) is 6.50. The summed E-state index contributed by atoms with van der Waals surface area (Å²) < 4.78 is 35.7. The highest BCUT2D eigenvalue weighted by molar-refractivity contribution is 7.99. The van der Waals surface area contributed by atoms with Gasteiger partial charge in [-0.2, -0.15) is 0 Å². The number of nitrogens with one attached hydrogen (secondary N) is 1. The number of thioether (sulfide) groups is 1. The number of carbonyl (C=O) groups is 1. The second kappa shape index (κ2) is 10.8. The Kier molecular flexibility index (Phi) is 8.08. The van der Waals surface area contributed by atoms with Crippen LogP contribution in [0.4, 0.5) is 5.69 Å². The lowest BCUT2D eigenvalue weighted by atomic mass is 10.1. The van der Waals surface area contributed by atoms with Crippen LogP contribution >= 0.6 is 11.8 Å². The topological polar surface area (TPSA) is 138 Å². The number of ether oxygens (including phenoxy) is 2. The molecule has 2 aromatic carbocycles. The average Bonchev–Trinajstić information content (AvgIpc) is 3.18. The molecule has 3 aromatic rings. The van der Waals surface area contributed by atoms with Gasteiger partial charge in [-0.25, -0.2) is 13.6 Å². The minimum absolute atomic E-state index is 0.0374. The molecule has 0 saturated carbocycles. The van der Waals surface area contributed by atoms with Crippen molar-refractivity contribution in [2.24, 2.45) is 5.14 Å². The van der Waals surface area contributed by atoms with Gasteiger partial charge in [0.05, 0.1) is 26.0 Å². The van der Waals surface area contributed by atoms with Crippen molar-refractivity contribution >= 4 is 33.4 Å². The van der Waals surface area contributed by atoms with Crippen molar-refractivity contribution < 1.29 is 22.7 Å². The summed E-state index contributed by atoms with van der Waals surface area (Å²) in [6, 6.07) is 12.1. The number of hydrogen-bond donors (Lipinski definition) is 2. The van der Waals surface area contributed by atoms with E-state index in [0.29, 0.717) is 24.1 Å². The number of methoxy groups -OCH3 is 2. The highest BCUT2D eigenvalue weighted by atomic mass is 32.2. The molecule has 0 atom stereocenters. The molecule has 1 amide bonds. The molecular formula is C21H25N5O5S2. The first kappa shape index (κ1) is 24.7. The molecule has 0 spiro atoms. The minimum Gasteiger partial charge on any atom is -0.495 e. The lowest BCUT2D eigenvalue weighted by molar-refractivity contribution is -0.113. The van der Waals surface area contributed by atoms with Crippen LogP contribution in [0.3, 0.4) is 0 Å². The third-order valence-electron chi connectivity index (χ3n) is 4.60. The van der Waals surface area contributed by atoms with E-state index in [4.69, 9.17) is 14.6 Å². The van der Waals surface area contributed by atoms with E-state index in [-0.39, 0.29) is 28.0 Å². The first-order valence-electron chi connectivity index (χ1n) is 9.85. The number of amides is 1. The summed E-state index contributed by atoms with van der Waals surface area (Å²) in [6.07, 6.45) is 0.